The lowest BCUT2D eigenvalue weighted by Crippen LogP contribution is -2.08. The summed E-state index contributed by atoms with van der Waals surface area (Å²) in [5.41, 5.74) is 7.20. The number of benzene rings is 1. The zero-order chi connectivity index (χ0) is 13.0. The first-order valence-corrected chi connectivity index (χ1v) is 5.59. The molecule has 1 aromatic carbocycles. The zero-order valence-corrected chi connectivity index (χ0v) is 10.5. The number of rotatable bonds is 5. The summed E-state index contributed by atoms with van der Waals surface area (Å²) in [5, 5.41) is 7.88. The Kier molecular flexibility index (Phi) is 3.78. The molecule has 0 radical (unpaired) electrons. The van der Waals surface area contributed by atoms with Crippen LogP contribution in [0.2, 0.25) is 0 Å². The molecule has 6 nitrogen and oxygen atoms in total. The van der Waals surface area contributed by atoms with Crippen molar-refractivity contribution in [1.82, 2.24) is 15.0 Å². The molecule has 0 aliphatic carbocycles. The van der Waals surface area contributed by atoms with Crippen LogP contribution in [0.4, 0.5) is 0 Å². The van der Waals surface area contributed by atoms with Gasteiger partial charge in [0.25, 0.3) is 0 Å². The summed E-state index contributed by atoms with van der Waals surface area (Å²) >= 11 is 0. The lowest BCUT2D eigenvalue weighted by atomic mass is 10.3. The molecular formula is C12H16N4O2. The molecule has 0 spiro atoms. The van der Waals surface area contributed by atoms with Crippen LogP contribution >= 0.6 is 0 Å². The van der Waals surface area contributed by atoms with Crippen LogP contribution in [-0.2, 0) is 20.2 Å². The van der Waals surface area contributed by atoms with Gasteiger partial charge in [-0.2, -0.15) is 0 Å². The Morgan fingerprint density at radius 2 is 2.00 bits per heavy atom. The third kappa shape index (κ3) is 2.43. The van der Waals surface area contributed by atoms with Crippen molar-refractivity contribution < 1.29 is 9.47 Å². The number of hydrogen-bond acceptors (Lipinski definition) is 5. The molecule has 0 atom stereocenters. The summed E-state index contributed by atoms with van der Waals surface area (Å²) in [6.07, 6.45) is 0. The van der Waals surface area contributed by atoms with Crippen molar-refractivity contribution in [3.8, 4) is 11.5 Å². The van der Waals surface area contributed by atoms with E-state index in [0.29, 0.717) is 24.7 Å². The van der Waals surface area contributed by atoms with Crippen molar-refractivity contribution in [3.05, 3.63) is 35.7 Å². The molecule has 6 heteroatoms. The fraction of sp³-hybridized carbons (Fsp3) is 0.333. The minimum atomic E-state index is 0.346. The van der Waals surface area contributed by atoms with Crippen LogP contribution in [0.3, 0.4) is 0 Å². The molecule has 0 saturated heterocycles. The van der Waals surface area contributed by atoms with E-state index in [9.17, 15) is 0 Å². The van der Waals surface area contributed by atoms with Crippen LogP contribution in [0, 0.1) is 0 Å². The highest BCUT2D eigenvalue weighted by molar-refractivity contribution is 5.39. The van der Waals surface area contributed by atoms with E-state index >= 15 is 0 Å². The summed E-state index contributed by atoms with van der Waals surface area (Å²) in [7, 11) is 3.42. The SMILES string of the molecule is COc1ccccc1OCc1c(CN)nnn1C. The van der Waals surface area contributed by atoms with E-state index < -0.39 is 0 Å². The Labute approximate surface area is 105 Å². The first kappa shape index (κ1) is 12.4. The van der Waals surface area contributed by atoms with Gasteiger partial charge >= 0.3 is 0 Å². The molecule has 1 aromatic heterocycles. The van der Waals surface area contributed by atoms with E-state index in [-0.39, 0.29) is 0 Å². The first-order chi connectivity index (χ1) is 8.76. The first-order valence-electron chi connectivity index (χ1n) is 5.59. The number of nitrogens with zero attached hydrogens (tertiary/aromatic N) is 3. The highest BCUT2D eigenvalue weighted by Gasteiger charge is 2.11. The summed E-state index contributed by atoms with van der Waals surface area (Å²) in [6.45, 7) is 0.703. The number of para-hydroxylation sites is 2. The fourth-order valence-electron chi connectivity index (χ4n) is 1.64. The van der Waals surface area contributed by atoms with Gasteiger partial charge < -0.3 is 15.2 Å². The third-order valence-electron chi connectivity index (χ3n) is 2.65. The summed E-state index contributed by atoms with van der Waals surface area (Å²) < 4.78 is 12.6. The van der Waals surface area contributed by atoms with Crippen LogP contribution in [0.15, 0.2) is 24.3 Å². The van der Waals surface area contributed by atoms with E-state index in [1.165, 1.54) is 0 Å². The van der Waals surface area contributed by atoms with Gasteiger partial charge in [0.1, 0.15) is 18.0 Å². The van der Waals surface area contributed by atoms with E-state index in [4.69, 9.17) is 15.2 Å². The number of ether oxygens (including phenoxy) is 2. The molecular weight excluding hydrogens is 232 g/mol. The maximum atomic E-state index is 5.71. The fourth-order valence-corrected chi connectivity index (χ4v) is 1.64. The molecule has 2 aromatic rings. The molecule has 96 valence electrons. The van der Waals surface area contributed by atoms with Gasteiger partial charge in [-0.05, 0) is 12.1 Å². The maximum absolute atomic E-state index is 5.71. The summed E-state index contributed by atoms with van der Waals surface area (Å²) in [6, 6.07) is 7.48. The lowest BCUT2D eigenvalue weighted by Gasteiger charge is -2.10. The van der Waals surface area contributed by atoms with Gasteiger partial charge in [-0.3, -0.25) is 0 Å². The Morgan fingerprint density at radius 3 is 2.67 bits per heavy atom. The summed E-state index contributed by atoms with van der Waals surface area (Å²) in [5.74, 6) is 1.38. The second-order valence-electron chi connectivity index (χ2n) is 3.75. The molecule has 2 N–H and O–H groups in total. The van der Waals surface area contributed by atoms with Gasteiger partial charge in [-0.1, -0.05) is 17.3 Å². The second kappa shape index (κ2) is 5.50. The molecule has 0 bridgehead atoms. The summed E-state index contributed by atoms with van der Waals surface area (Å²) in [4.78, 5) is 0. The maximum Gasteiger partial charge on any atom is 0.161 e. The molecule has 1 heterocycles. The van der Waals surface area contributed by atoms with Crippen molar-refractivity contribution >= 4 is 0 Å². The molecule has 18 heavy (non-hydrogen) atoms. The van der Waals surface area contributed by atoms with Crippen LogP contribution in [0.25, 0.3) is 0 Å². The van der Waals surface area contributed by atoms with Gasteiger partial charge in [0.2, 0.25) is 0 Å². The molecule has 0 amide bonds. The molecule has 0 aliphatic heterocycles. The van der Waals surface area contributed by atoms with Crippen molar-refractivity contribution in [1.29, 1.82) is 0 Å². The van der Waals surface area contributed by atoms with Crippen LogP contribution < -0.4 is 15.2 Å². The molecule has 2 rings (SSSR count). The van der Waals surface area contributed by atoms with Gasteiger partial charge in [-0.25, -0.2) is 4.68 Å². The standard InChI is InChI=1S/C12H16N4O2/c1-16-10(9(7-13)14-15-16)8-18-12-6-4-3-5-11(12)17-2/h3-6H,7-8,13H2,1-2H3. The van der Waals surface area contributed by atoms with E-state index in [2.05, 4.69) is 10.3 Å². The monoisotopic (exact) mass is 248 g/mol. The average Bonchev–Trinajstić information content (AvgIpc) is 2.77. The lowest BCUT2D eigenvalue weighted by molar-refractivity contribution is 0.275. The Balaban J connectivity index is 2.13. The predicted molar refractivity (Wildman–Crippen MR) is 66.2 cm³/mol. The van der Waals surface area contributed by atoms with Crippen LogP contribution in [0.5, 0.6) is 11.5 Å². The van der Waals surface area contributed by atoms with E-state index in [1.54, 1.807) is 11.8 Å². The number of hydrogen-bond donors (Lipinski definition) is 1. The zero-order valence-electron chi connectivity index (χ0n) is 10.5. The third-order valence-corrected chi connectivity index (χ3v) is 2.65. The molecule has 0 saturated carbocycles. The van der Waals surface area contributed by atoms with Crippen molar-refractivity contribution in [2.75, 3.05) is 7.11 Å². The number of aryl methyl sites for hydroxylation is 1. The second-order valence-corrected chi connectivity index (χ2v) is 3.75. The topological polar surface area (TPSA) is 75.2 Å². The smallest absolute Gasteiger partial charge is 0.161 e. The number of nitrogens with two attached hydrogens (primary N) is 1. The van der Waals surface area contributed by atoms with Gasteiger partial charge in [0.05, 0.1) is 7.11 Å². The quantitative estimate of drug-likeness (QED) is 0.849. The average molecular weight is 248 g/mol. The number of aromatic nitrogens is 3. The number of methoxy groups -OCH3 is 1. The van der Waals surface area contributed by atoms with Crippen LogP contribution in [0.1, 0.15) is 11.4 Å². The van der Waals surface area contributed by atoms with Crippen molar-refractivity contribution in [2.45, 2.75) is 13.2 Å². The highest BCUT2D eigenvalue weighted by Crippen LogP contribution is 2.26. The molecule has 0 unspecified atom stereocenters. The van der Waals surface area contributed by atoms with Gasteiger partial charge in [-0.15, -0.1) is 5.10 Å². The minimum Gasteiger partial charge on any atom is -0.493 e. The largest absolute Gasteiger partial charge is 0.493 e. The minimum absolute atomic E-state index is 0.346. The van der Waals surface area contributed by atoms with Gasteiger partial charge in [0, 0.05) is 13.6 Å². The Morgan fingerprint density at radius 1 is 1.28 bits per heavy atom. The van der Waals surface area contributed by atoms with E-state index in [0.717, 1.165) is 11.4 Å². The molecule has 0 aliphatic rings. The van der Waals surface area contributed by atoms with Crippen LogP contribution in [-0.4, -0.2) is 22.1 Å². The normalized spacial score (nSPS) is 10.4. The van der Waals surface area contributed by atoms with E-state index in [1.807, 2.05) is 31.3 Å². The van der Waals surface area contributed by atoms with Gasteiger partial charge in [0.15, 0.2) is 11.5 Å². The van der Waals surface area contributed by atoms with Crippen molar-refractivity contribution in [3.63, 3.8) is 0 Å². The highest BCUT2D eigenvalue weighted by atomic mass is 16.5. The predicted octanol–water partition coefficient (Wildman–Crippen LogP) is 0.861. The Hall–Kier alpha value is -2.08. The van der Waals surface area contributed by atoms with Crippen molar-refractivity contribution in [2.24, 2.45) is 12.8 Å². The molecule has 0 fully saturated rings. The Bertz CT molecular complexity index is 525.